The highest BCUT2D eigenvalue weighted by atomic mass is 31.2. The van der Waals surface area contributed by atoms with E-state index >= 15 is 0 Å². The molecule has 0 fully saturated rings. The van der Waals surface area contributed by atoms with Crippen LogP contribution in [0.2, 0.25) is 0 Å². The number of phosphoric ester groups is 1. The smallest absolute Gasteiger partial charge is 0.457 e. The molecule has 408 valence electrons. The summed E-state index contributed by atoms with van der Waals surface area (Å²) in [6.07, 6.45) is 75.7. The molecule has 0 aliphatic rings. The Morgan fingerprint density at radius 2 is 0.775 bits per heavy atom. The second kappa shape index (κ2) is 53.5. The van der Waals surface area contributed by atoms with Crippen LogP contribution >= 0.6 is 7.82 Å². The molecule has 2 atom stereocenters. The molecule has 2 unspecified atom stereocenters. The third-order valence-electron chi connectivity index (χ3n) is 11.8. The lowest BCUT2D eigenvalue weighted by atomic mass is 10.1. The van der Waals surface area contributed by atoms with Crippen LogP contribution in [0, 0.1) is 0 Å². The average molecular weight is 1010 g/mol. The number of esters is 1. The lowest BCUT2D eigenvalue weighted by Crippen LogP contribution is -2.37. The van der Waals surface area contributed by atoms with Crippen molar-refractivity contribution in [3.05, 3.63) is 109 Å². The van der Waals surface area contributed by atoms with E-state index in [1.165, 1.54) is 103 Å². The van der Waals surface area contributed by atoms with Crippen molar-refractivity contribution in [3.8, 4) is 0 Å². The number of carbonyl (C=O) groups excluding carboxylic acids is 1. The highest BCUT2D eigenvalue weighted by molar-refractivity contribution is 7.47. The summed E-state index contributed by atoms with van der Waals surface area (Å²) >= 11 is 0. The zero-order chi connectivity index (χ0) is 51.9. The quantitative estimate of drug-likeness (QED) is 0.0213. The summed E-state index contributed by atoms with van der Waals surface area (Å²) in [6.45, 7) is 5.38. The standard InChI is InChI=1S/C62H108NO7P/c1-6-8-10-12-14-16-18-20-22-24-26-28-30-32-33-35-37-39-41-43-45-47-49-51-53-55-62(64)70-61(60-69-71(65,66)68-58-56-63(3,4)5)59-67-57-54-52-50-48-46-44-42-40-38-36-34-31-29-27-25-23-21-19-17-15-13-11-9-7-2/h8-11,14-17,20-23,26-29,32-33,61H,6-7,12-13,18-19,24-25,30-31,34-60H2,1-5H3/p+1/b10-8-,11-9-,16-14-,17-15-,22-20-,23-21-,28-26-,29-27-,33-32-. The molecule has 0 aliphatic carbocycles. The van der Waals surface area contributed by atoms with E-state index in [0.29, 0.717) is 24.1 Å². The van der Waals surface area contributed by atoms with Crippen LogP contribution in [0.25, 0.3) is 0 Å². The average Bonchev–Trinajstić information content (AvgIpc) is 3.33. The molecule has 0 spiro atoms. The van der Waals surface area contributed by atoms with Gasteiger partial charge in [-0.05, 0) is 96.3 Å². The summed E-state index contributed by atoms with van der Waals surface area (Å²) < 4.78 is 35.3. The number of quaternary nitrogens is 1. The van der Waals surface area contributed by atoms with Crippen molar-refractivity contribution in [3.63, 3.8) is 0 Å². The maximum absolute atomic E-state index is 12.8. The number of likely N-dealkylation sites (N-methyl/N-ethyl adjacent to an activating group) is 1. The molecule has 0 amide bonds. The predicted octanol–water partition coefficient (Wildman–Crippen LogP) is 18.3. The number of nitrogens with zero attached hydrogens (tertiary/aromatic N) is 1. The molecular formula is C62H109NO7P+. The Kier molecular flexibility index (Phi) is 51.3. The third-order valence-corrected chi connectivity index (χ3v) is 12.8. The van der Waals surface area contributed by atoms with Crippen LogP contribution in [0.5, 0.6) is 0 Å². The summed E-state index contributed by atoms with van der Waals surface area (Å²) in [4.78, 5) is 23.1. The number of hydrogen-bond donors (Lipinski definition) is 1. The van der Waals surface area contributed by atoms with E-state index in [2.05, 4.69) is 123 Å². The molecule has 8 nitrogen and oxygen atoms in total. The number of unbranched alkanes of at least 4 members (excludes halogenated alkanes) is 20. The van der Waals surface area contributed by atoms with Crippen LogP contribution in [0.1, 0.15) is 219 Å². The van der Waals surface area contributed by atoms with E-state index in [1.54, 1.807) is 0 Å². The van der Waals surface area contributed by atoms with Gasteiger partial charge < -0.3 is 18.9 Å². The first kappa shape index (κ1) is 68.2. The molecule has 1 N–H and O–H groups in total. The summed E-state index contributed by atoms with van der Waals surface area (Å²) in [5, 5.41) is 0. The molecule has 0 aromatic carbocycles. The summed E-state index contributed by atoms with van der Waals surface area (Å²) in [5.41, 5.74) is 0. The van der Waals surface area contributed by atoms with Crippen molar-refractivity contribution in [1.82, 2.24) is 0 Å². The van der Waals surface area contributed by atoms with Gasteiger partial charge in [0.05, 0.1) is 34.4 Å². The van der Waals surface area contributed by atoms with Crippen molar-refractivity contribution in [2.45, 2.75) is 225 Å². The monoisotopic (exact) mass is 1010 g/mol. The number of phosphoric acid groups is 1. The highest BCUT2D eigenvalue weighted by Gasteiger charge is 2.26. The van der Waals surface area contributed by atoms with Crippen LogP contribution in [0.15, 0.2) is 109 Å². The van der Waals surface area contributed by atoms with Gasteiger partial charge in [-0.25, -0.2) is 4.57 Å². The number of allylic oxidation sites excluding steroid dienone is 18. The molecule has 0 aromatic rings. The van der Waals surface area contributed by atoms with E-state index in [0.717, 1.165) is 96.3 Å². The molecule has 0 bridgehead atoms. The van der Waals surface area contributed by atoms with Gasteiger partial charge in [-0.15, -0.1) is 0 Å². The predicted molar refractivity (Wildman–Crippen MR) is 307 cm³/mol. The first-order chi connectivity index (χ1) is 34.6. The van der Waals surface area contributed by atoms with Crippen LogP contribution in [0.4, 0.5) is 0 Å². The van der Waals surface area contributed by atoms with Gasteiger partial charge in [0.1, 0.15) is 19.3 Å². The fourth-order valence-electron chi connectivity index (χ4n) is 7.51. The lowest BCUT2D eigenvalue weighted by molar-refractivity contribution is -0.870. The SMILES string of the molecule is CC/C=C\C/C=C\C/C=C\C/C=C\C/C=C\CCCCCCCCCCCC(=O)OC(COCCCCCCCCCCCCC/C=C\C/C=C\C/C=C\C/C=C\CC)COP(=O)(O)OCC[N+](C)(C)C. The van der Waals surface area contributed by atoms with Crippen LogP contribution in [-0.2, 0) is 27.9 Å². The normalized spacial score (nSPS) is 14.3. The van der Waals surface area contributed by atoms with Crippen LogP contribution in [-0.4, -0.2) is 75.6 Å². The molecule has 0 aromatic heterocycles. The zero-order valence-electron chi connectivity index (χ0n) is 46.4. The fraction of sp³-hybridized carbons (Fsp3) is 0.694. The second-order valence-corrected chi connectivity index (χ2v) is 21.4. The van der Waals surface area contributed by atoms with Gasteiger partial charge in [0.15, 0.2) is 0 Å². The number of hydrogen-bond acceptors (Lipinski definition) is 6. The van der Waals surface area contributed by atoms with Gasteiger partial charge >= 0.3 is 13.8 Å². The number of carbonyl (C=O) groups is 1. The second-order valence-electron chi connectivity index (χ2n) is 19.9. The largest absolute Gasteiger partial charge is 0.472 e. The minimum absolute atomic E-state index is 0.0811. The number of ether oxygens (including phenoxy) is 2. The minimum atomic E-state index is -4.30. The summed E-state index contributed by atoms with van der Waals surface area (Å²) in [5.74, 6) is -0.324. The molecular weight excluding hydrogens is 902 g/mol. The summed E-state index contributed by atoms with van der Waals surface area (Å²) in [6, 6.07) is 0. The van der Waals surface area contributed by atoms with E-state index in [1.807, 2.05) is 21.1 Å². The minimum Gasteiger partial charge on any atom is -0.457 e. The van der Waals surface area contributed by atoms with Crippen LogP contribution in [0.3, 0.4) is 0 Å². The van der Waals surface area contributed by atoms with Gasteiger partial charge in [0, 0.05) is 13.0 Å². The van der Waals surface area contributed by atoms with Gasteiger partial charge in [-0.1, -0.05) is 226 Å². The Bertz CT molecular complexity index is 1500. The molecule has 0 saturated heterocycles. The maximum Gasteiger partial charge on any atom is 0.472 e. The lowest BCUT2D eigenvalue weighted by Gasteiger charge is -2.24. The molecule has 0 saturated carbocycles. The Hall–Kier alpha value is -2.84. The van der Waals surface area contributed by atoms with Gasteiger partial charge in [0.25, 0.3) is 0 Å². The van der Waals surface area contributed by atoms with Crippen molar-refractivity contribution >= 4 is 13.8 Å². The first-order valence-corrected chi connectivity index (χ1v) is 30.1. The fourth-order valence-corrected chi connectivity index (χ4v) is 8.25. The van der Waals surface area contributed by atoms with E-state index in [-0.39, 0.29) is 25.8 Å². The topological polar surface area (TPSA) is 91.3 Å². The first-order valence-electron chi connectivity index (χ1n) is 28.6. The van der Waals surface area contributed by atoms with Crippen molar-refractivity contribution in [2.24, 2.45) is 0 Å². The Labute approximate surface area is 438 Å². The zero-order valence-corrected chi connectivity index (χ0v) is 47.3. The van der Waals surface area contributed by atoms with Gasteiger partial charge in [-0.3, -0.25) is 13.8 Å². The van der Waals surface area contributed by atoms with E-state index < -0.39 is 13.9 Å². The summed E-state index contributed by atoms with van der Waals surface area (Å²) in [7, 11) is 1.65. The van der Waals surface area contributed by atoms with Crippen LogP contribution < -0.4 is 0 Å². The Morgan fingerprint density at radius 3 is 1.15 bits per heavy atom. The van der Waals surface area contributed by atoms with Crippen molar-refractivity contribution < 1.29 is 37.3 Å². The maximum atomic E-state index is 12.8. The third kappa shape index (κ3) is 57.9. The highest BCUT2D eigenvalue weighted by Crippen LogP contribution is 2.43. The van der Waals surface area contributed by atoms with Gasteiger partial charge in [0.2, 0.25) is 0 Å². The molecule has 9 heteroatoms. The molecule has 0 rings (SSSR count). The Balaban J connectivity index is 4.12. The Morgan fingerprint density at radius 1 is 0.437 bits per heavy atom. The molecule has 0 aliphatic heterocycles. The van der Waals surface area contributed by atoms with Gasteiger partial charge in [-0.2, -0.15) is 0 Å². The molecule has 0 radical (unpaired) electrons. The molecule has 0 heterocycles. The number of rotatable bonds is 52. The van der Waals surface area contributed by atoms with E-state index in [4.69, 9.17) is 18.5 Å². The van der Waals surface area contributed by atoms with Crippen molar-refractivity contribution in [2.75, 3.05) is 54.1 Å². The molecule has 71 heavy (non-hydrogen) atoms. The van der Waals surface area contributed by atoms with E-state index in [9.17, 15) is 14.3 Å². The van der Waals surface area contributed by atoms with Crippen molar-refractivity contribution in [1.29, 1.82) is 0 Å².